The molecule has 0 unspecified atom stereocenters. The molecule has 7 heteroatoms. The van der Waals surface area contributed by atoms with Crippen molar-refractivity contribution in [3.05, 3.63) is 59.9 Å². The summed E-state index contributed by atoms with van der Waals surface area (Å²) in [6.45, 7) is 0.480. The highest BCUT2D eigenvalue weighted by Crippen LogP contribution is 2.15. The van der Waals surface area contributed by atoms with Crippen LogP contribution in [0.4, 0.5) is 0 Å². The summed E-state index contributed by atoms with van der Waals surface area (Å²) in [5, 5.41) is 0. The molecule has 128 valence electrons. The lowest BCUT2D eigenvalue weighted by Gasteiger charge is -2.07. The lowest BCUT2D eigenvalue weighted by atomic mass is 10.1. The van der Waals surface area contributed by atoms with E-state index in [4.69, 9.17) is 4.74 Å². The van der Waals surface area contributed by atoms with Gasteiger partial charge in [0.2, 0.25) is 15.9 Å². The van der Waals surface area contributed by atoms with E-state index in [2.05, 4.69) is 4.98 Å². The number of sulfonamides is 1. The fourth-order valence-corrected chi connectivity index (χ4v) is 2.62. The highest BCUT2D eigenvalue weighted by atomic mass is 32.2. The van der Waals surface area contributed by atoms with Gasteiger partial charge in [0.1, 0.15) is 12.4 Å². The number of amides is 1. The van der Waals surface area contributed by atoms with Crippen LogP contribution in [0.5, 0.6) is 5.75 Å². The van der Waals surface area contributed by atoms with Crippen LogP contribution in [-0.4, -0.2) is 25.6 Å². The molecular formula is C17H20N2O4S. The Labute approximate surface area is 141 Å². The average molecular weight is 348 g/mol. The van der Waals surface area contributed by atoms with Gasteiger partial charge in [-0.1, -0.05) is 12.1 Å². The SMILES string of the molecule is CS(=O)(=O)NC(=O)CCCc1ccc(OCc2ccncc2)cc1. The fraction of sp³-hybridized carbons (Fsp3) is 0.294. The topological polar surface area (TPSA) is 85.4 Å². The Bertz CT molecular complexity index is 759. The Morgan fingerprint density at radius 1 is 1.08 bits per heavy atom. The molecule has 1 heterocycles. The molecule has 24 heavy (non-hydrogen) atoms. The summed E-state index contributed by atoms with van der Waals surface area (Å²) in [6.07, 6.45) is 5.87. The van der Waals surface area contributed by atoms with Gasteiger partial charge in [0.05, 0.1) is 6.26 Å². The van der Waals surface area contributed by atoms with E-state index >= 15 is 0 Å². The lowest BCUT2D eigenvalue weighted by Crippen LogP contribution is -2.29. The van der Waals surface area contributed by atoms with Gasteiger partial charge in [-0.3, -0.25) is 14.5 Å². The second-order valence-electron chi connectivity index (χ2n) is 5.44. The molecule has 0 bridgehead atoms. The van der Waals surface area contributed by atoms with Gasteiger partial charge in [-0.15, -0.1) is 0 Å². The van der Waals surface area contributed by atoms with Gasteiger partial charge >= 0.3 is 0 Å². The van der Waals surface area contributed by atoms with E-state index in [1.165, 1.54) is 0 Å². The number of aromatic nitrogens is 1. The first-order valence-corrected chi connectivity index (χ1v) is 9.43. The normalized spacial score (nSPS) is 11.0. The van der Waals surface area contributed by atoms with Gasteiger partial charge in [0.15, 0.2) is 0 Å². The van der Waals surface area contributed by atoms with Crippen LogP contribution in [0.15, 0.2) is 48.8 Å². The molecule has 0 fully saturated rings. The number of carbonyl (C=O) groups excluding carboxylic acids is 1. The molecule has 1 N–H and O–H groups in total. The van der Waals surface area contributed by atoms with Crippen molar-refractivity contribution in [3.63, 3.8) is 0 Å². The molecule has 1 amide bonds. The van der Waals surface area contributed by atoms with Crippen molar-refractivity contribution in [2.24, 2.45) is 0 Å². The maximum Gasteiger partial charge on any atom is 0.233 e. The van der Waals surface area contributed by atoms with Crippen LogP contribution in [0.1, 0.15) is 24.0 Å². The molecular weight excluding hydrogens is 328 g/mol. The number of pyridine rings is 1. The molecule has 0 aliphatic rings. The Balaban J connectivity index is 1.75. The molecule has 6 nitrogen and oxygen atoms in total. The number of nitrogens with zero attached hydrogens (tertiary/aromatic N) is 1. The van der Waals surface area contributed by atoms with Crippen LogP contribution in [0.2, 0.25) is 0 Å². The minimum absolute atomic E-state index is 0.174. The van der Waals surface area contributed by atoms with Gasteiger partial charge in [-0.05, 0) is 48.2 Å². The number of rotatable bonds is 8. The van der Waals surface area contributed by atoms with Crippen molar-refractivity contribution < 1.29 is 17.9 Å². The quantitative estimate of drug-likeness (QED) is 0.789. The monoisotopic (exact) mass is 348 g/mol. The summed E-state index contributed by atoms with van der Waals surface area (Å²) in [5.74, 6) is 0.292. The second kappa shape index (κ2) is 8.44. The number of hydrogen-bond acceptors (Lipinski definition) is 5. The molecule has 0 aliphatic heterocycles. The van der Waals surface area contributed by atoms with E-state index in [1.807, 2.05) is 41.1 Å². The minimum Gasteiger partial charge on any atom is -0.489 e. The van der Waals surface area contributed by atoms with Crippen molar-refractivity contribution in [1.82, 2.24) is 9.71 Å². The number of ether oxygens (including phenoxy) is 1. The summed E-state index contributed by atoms with van der Waals surface area (Å²) in [6, 6.07) is 11.4. The van der Waals surface area contributed by atoms with Crippen LogP contribution in [0.25, 0.3) is 0 Å². The summed E-state index contributed by atoms with van der Waals surface area (Å²) in [4.78, 5) is 15.4. The van der Waals surface area contributed by atoms with Gasteiger partial charge in [0.25, 0.3) is 0 Å². The second-order valence-corrected chi connectivity index (χ2v) is 7.19. The largest absolute Gasteiger partial charge is 0.489 e. The first-order valence-electron chi connectivity index (χ1n) is 7.54. The summed E-state index contributed by atoms with van der Waals surface area (Å²) >= 11 is 0. The Morgan fingerprint density at radius 3 is 2.38 bits per heavy atom. The molecule has 2 rings (SSSR count). The highest BCUT2D eigenvalue weighted by molar-refractivity contribution is 7.89. The zero-order valence-electron chi connectivity index (χ0n) is 13.4. The third-order valence-electron chi connectivity index (χ3n) is 3.25. The number of hydrogen-bond donors (Lipinski definition) is 1. The zero-order chi connectivity index (χ0) is 17.4. The Hall–Kier alpha value is -2.41. The van der Waals surface area contributed by atoms with Gasteiger partial charge in [-0.2, -0.15) is 0 Å². The van der Waals surface area contributed by atoms with Crippen molar-refractivity contribution in [1.29, 1.82) is 0 Å². The fourth-order valence-electron chi connectivity index (χ4n) is 2.11. The van der Waals surface area contributed by atoms with Crippen LogP contribution in [0.3, 0.4) is 0 Å². The van der Waals surface area contributed by atoms with Crippen LogP contribution >= 0.6 is 0 Å². The summed E-state index contributed by atoms with van der Waals surface area (Å²) in [7, 11) is -3.47. The maximum atomic E-state index is 11.4. The predicted octanol–water partition coefficient (Wildman–Crippen LogP) is 2.06. The van der Waals surface area contributed by atoms with Crippen LogP contribution in [0, 0.1) is 0 Å². The standard InChI is InChI=1S/C17H20N2O4S/c1-24(21,22)19-17(20)4-2-3-14-5-7-16(8-6-14)23-13-15-9-11-18-12-10-15/h5-12H,2-4,13H2,1H3,(H,19,20). The smallest absolute Gasteiger partial charge is 0.233 e. The molecule has 1 aromatic carbocycles. The lowest BCUT2D eigenvalue weighted by molar-refractivity contribution is -0.119. The predicted molar refractivity (Wildman–Crippen MR) is 90.9 cm³/mol. The first-order chi connectivity index (χ1) is 11.4. The molecule has 0 aliphatic carbocycles. The zero-order valence-corrected chi connectivity index (χ0v) is 14.3. The van der Waals surface area contributed by atoms with Gasteiger partial charge < -0.3 is 4.74 Å². The van der Waals surface area contributed by atoms with Crippen molar-refractivity contribution in [2.45, 2.75) is 25.9 Å². The van der Waals surface area contributed by atoms with E-state index in [0.29, 0.717) is 19.4 Å². The van der Waals surface area contributed by atoms with E-state index in [9.17, 15) is 13.2 Å². The van der Waals surface area contributed by atoms with E-state index in [0.717, 1.165) is 23.1 Å². The van der Waals surface area contributed by atoms with Crippen molar-refractivity contribution >= 4 is 15.9 Å². The van der Waals surface area contributed by atoms with Crippen molar-refractivity contribution in [2.75, 3.05) is 6.26 Å². The molecule has 2 aromatic rings. The van der Waals surface area contributed by atoms with E-state index in [-0.39, 0.29) is 6.42 Å². The maximum absolute atomic E-state index is 11.4. The first kappa shape index (κ1) is 17.9. The van der Waals surface area contributed by atoms with Crippen LogP contribution in [-0.2, 0) is 27.8 Å². The molecule has 0 saturated carbocycles. The van der Waals surface area contributed by atoms with Gasteiger partial charge in [0, 0.05) is 18.8 Å². The molecule has 0 radical (unpaired) electrons. The minimum atomic E-state index is -3.47. The highest BCUT2D eigenvalue weighted by Gasteiger charge is 2.07. The third-order valence-corrected chi connectivity index (χ3v) is 3.85. The van der Waals surface area contributed by atoms with E-state index in [1.54, 1.807) is 12.4 Å². The number of carbonyl (C=O) groups is 1. The molecule has 0 atom stereocenters. The molecule has 1 aromatic heterocycles. The summed E-state index contributed by atoms with van der Waals surface area (Å²) in [5.41, 5.74) is 2.12. The Kier molecular flexibility index (Phi) is 6.31. The number of nitrogens with one attached hydrogen (secondary N) is 1. The molecule has 0 saturated heterocycles. The van der Waals surface area contributed by atoms with Gasteiger partial charge in [-0.25, -0.2) is 8.42 Å². The summed E-state index contributed by atoms with van der Waals surface area (Å²) < 4.78 is 29.5. The number of benzene rings is 1. The van der Waals surface area contributed by atoms with Crippen LogP contribution < -0.4 is 9.46 Å². The number of aryl methyl sites for hydroxylation is 1. The molecule has 0 spiro atoms. The van der Waals surface area contributed by atoms with E-state index < -0.39 is 15.9 Å². The third kappa shape index (κ3) is 6.78. The average Bonchev–Trinajstić information content (AvgIpc) is 2.53. The van der Waals surface area contributed by atoms with Crippen molar-refractivity contribution in [3.8, 4) is 5.75 Å². The Morgan fingerprint density at radius 2 is 1.75 bits per heavy atom.